The molecule has 0 aliphatic heterocycles. The van der Waals surface area contributed by atoms with Gasteiger partial charge in [-0.3, -0.25) is 4.18 Å². The Bertz CT molecular complexity index is 961. The molecule has 188 valence electrons. The second-order valence-corrected chi connectivity index (χ2v) is 11.7. The van der Waals surface area contributed by atoms with Crippen molar-refractivity contribution < 1.29 is 26.9 Å². The Morgan fingerprint density at radius 3 is 1.85 bits per heavy atom. The van der Waals surface area contributed by atoms with Crippen LogP contribution in [-0.4, -0.2) is 51.2 Å². The molecule has 0 saturated carbocycles. The fourth-order valence-corrected chi connectivity index (χ4v) is 4.17. The Labute approximate surface area is 203 Å². The zero-order valence-electron chi connectivity index (χ0n) is 20.9. The van der Waals surface area contributed by atoms with E-state index in [1.165, 1.54) is 0 Å². The van der Waals surface area contributed by atoms with E-state index in [-0.39, 0.29) is 19.1 Å². The van der Waals surface area contributed by atoms with Crippen molar-refractivity contribution in [3.05, 3.63) is 71.8 Å². The van der Waals surface area contributed by atoms with Crippen LogP contribution in [0.15, 0.2) is 60.7 Å². The Morgan fingerprint density at radius 2 is 1.41 bits per heavy atom. The summed E-state index contributed by atoms with van der Waals surface area (Å²) in [4.78, 5) is 12.1. The second-order valence-electron chi connectivity index (χ2n) is 10.1. The summed E-state index contributed by atoms with van der Waals surface area (Å²) in [6.45, 7) is 9.18. The molecule has 0 aliphatic rings. The first-order chi connectivity index (χ1) is 15.7. The predicted molar refractivity (Wildman–Crippen MR) is 133 cm³/mol. The smallest absolute Gasteiger partial charge is 0.408 e. The van der Waals surface area contributed by atoms with Crippen molar-refractivity contribution in [2.24, 2.45) is 0 Å². The Hall–Kier alpha value is -2.42. The molecule has 1 unspecified atom stereocenters. The van der Waals surface area contributed by atoms with Gasteiger partial charge in [0.2, 0.25) is 0 Å². The highest BCUT2D eigenvalue weighted by Crippen LogP contribution is 2.30. The van der Waals surface area contributed by atoms with Crippen molar-refractivity contribution in [3.63, 3.8) is 0 Å². The molecule has 0 heterocycles. The van der Waals surface area contributed by atoms with Gasteiger partial charge in [0.05, 0.1) is 25.0 Å². The van der Waals surface area contributed by atoms with Gasteiger partial charge in [-0.05, 0) is 52.2 Å². The minimum Gasteiger partial charge on any atom is -0.444 e. The number of carbonyl (C=O) groups excluding carboxylic acids is 1. The van der Waals surface area contributed by atoms with Gasteiger partial charge >= 0.3 is 6.09 Å². The first kappa shape index (κ1) is 27.8. The first-order valence-corrected chi connectivity index (χ1v) is 13.1. The van der Waals surface area contributed by atoms with E-state index >= 15 is 0 Å². The van der Waals surface area contributed by atoms with Gasteiger partial charge in [0.25, 0.3) is 10.1 Å². The van der Waals surface area contributed by atoms with Crippen molar-refractivity contribution in [1.29, 1.82) is 0 Å². The third kappa shape index (κ3) is 10.7. The maximum Gasteiger partial charge on any atom is 0.408 e. The van der Waals surface area contributed by atoms with Gasteiger partial charge in [-0.1, -0.05) is 60.7 Å². The molecule has 1 atom stereocenters. The standard InChI is InChI=1S/C26H37NO6S/c1-25(2,3)32-24(28)27-26(4,5)19-31-18-22(33-34(6,29)30)17-23(20-13-9-7-10-14-20)21-15-11-8-12-16-21/h7-16,22-23H,17-19H2,1-6H3,(H,27,28). The average Bonchev–Trinajstić information content (AvgIpc) is 2.70. The van der Waals surface area contributed by atoms with Gasteiger partial charge in [-0.25, -0.2) is 4.79 Å². The van der Waals surface area contributed by atoms with E-state index in [9.17, 15) is 13.2 Å². The number of ether oxygens (including phenoxy) is 2. The van der Waals surface area contributed by atoms with E-state index in [1.807, 2.05) is 60.7 Å². The third-order valence-electron chi connectivity index (χ3n) is 4.82. The van der Waals surface area contributed by atoms with Crippen LogP contribution in [0.4, 0.5) is 4.79 Å². The highest BCUT2D eigenvalue weighted by atomic mass is 32.2. The van der Waals surface area contributed by atoms with Crippen molar-refractivity contribution in [2.75, 3.05) is 19.5 Å². The summed E-state index contributed by atoms with van der Waals surface area (Å²) in [7, 11) is -3.71. The largest absolute Gasteiger partial charge is 0.444 e. The van der Waals surface area contributed by atoms with E-state index in [0.717, 1.165) is 17.4 Å². The molecule has 2 aromatic carbocycles. The molecule has 0 saturated heterocycles. The van der Waals surface area contributed by atoms with Crippen LogP contribution in [0.5, 0.6) is 0 Å². The number of carbonyl (C=O) groups is 1. The number of benzene rings is 2. The van der Waals surface area contributed by atoms with Gasteiger partial charge in [0.15, 0.2) is 0 Å². The quantitative estimate of drug-likeness (QED) is 0.451. The van der Waals surface area contributed by atoms with Crippen LogP contribution in [0, 0.1) is 0 Å². The summed E-state index contributed by atoms with van der Waals surface area (Å²) in [5.74, 6) is -0.0781. The van der Waals surface area contributed by atoms with Gasteiger partial charge in [0.1, 0.15) is 11.7 Å². The zero-order valence-corrected chi connectivity index (χ0v) is 21.7. The fourth-order valence-electron chi connectivity index (χ4n) is 3.54. The lowest BCUT2D eigenvalue weighted by molar-refractivity contribution is 0.0130. The highest BCUT2D eigenvalue weighted by molar-refractivity contribution is 7.86. The average molecular weight is 492 g/mol. The molecule has 0 bridgehead atoms. The number of hydrogen-bond donors (Lipinski definition) is 1. The summed E-state index contributed by atoms with van der Waals surface area (Å²) in [6, 6.07) is 19.8. The van der Waals surface area contributed by atoms with E-state index in [1.54, 1.807) is 34.6 Å². The van der Waals surface area contributed by atoms with E-state index in [2.05, 4.69) is 5.32 Å². The maximum atomic E-state index is 12.1. The summed E-state index contributed by atoms with van der Waals surface area (Å²) < 4.78 is 40.5. The molecule has 0 fully saturated rings. The van der Waals surface area contributed by atoms with Crippen LogP contribution >= 0.6 is 0 Å². The molecule has 2 rings (SSSR count). The van der Waals surface area contributed by atoms with Crippen LogP contribution in [0.3, 0.4) is 0 Å². The maximum absolute atomic E-state index is 12.1. The van der Waals surface area contributed by atoms with Crippen LogP contribution < -0.4 is 5.32 Å². The summed E-state index contributed by atoms with van der Waals surface area (Å²) in [5.41, 5.74) is 0.778. The Balaban J connectivity index is 2.11. The minimum atomic E-state index is -3.71. The van der Waals surface area contributed by atoms with Gasteiger partial charge in [-0.15, -0.1) is 0 Å². The normalized spacial score (nSPS) is 13.5. The number of hydrogen-bond acceptors (Lipinski definition) is 6. The molecule has 0 radical (unpaired) electrons. The fraction of sp³-hybridized carbons (Fsp3) is 0.500. The molecule has 0 aromatic heterocycles. The summed E-state index contributed by atoms with van der Waals surface area (Å²) in [5, 5.41) is 2.78. The topological polar surface area (TPSA) is 90.9 Å². The highest BCUT2D eigenvalue weighted by Gasteiger charge is 2.27. The Kier molecular flexibility index (Phi) is 9.67. The SMILES string of the molecule is CC(C)(COCC(CC(c1ccccc1)c1ccccc1)OS(C)(=O)=O)NC(=O)OC(C)(C)C. The van der Waals surface area contributed by atoms with Gasteiger partial charge < -0.3 is 14.8 Å². The van der Waals surface area contributed by atoms with Crippen molar-refractivity contribution in [2.45, 2.75) is 64.2 Å². The Morgan fingerprint density at radius 1 is 0.912 bits per heavy atom. The molecular weight excluding hydrogens is 454 g/mol. The molecule has 1 amide bonds. The van der Waals surface area contributed by atoms with Gasteiger partial charge in [0, 0.05) is 5.92 Å². The third-order valence-corrected chi connectivity index (χ3v) is 5.44. The molecule has 34 heavy (non-hydrogen) atoms. The molecule has 0 aliphatic carbocycles. The van der Waals surface area contributed by atoms with E-state index < -0.39 is 33.5 Å². The zero-order chi connectivity index (χ0) is 25.4. The lowest BCUT2D eigenvalue weighted by Crippen LogP contribution is -2.49. The summed E-state index contributed by atoms with van der Waals surface area (Å²) in [6.07, 6.45) is 0.186. The van der Waals surface area contributed by atoms with Crippen molar-refractivity contribution in [1.82, 2.24) is 5.32 Å². The molecule has 2 aromatic rings. The van der Waals surface area contributed by atoms with Crippen LogP contribution in [0.25, 0.3) is 0 Å². The van der Waals surface area contributed by atoms with Gasteiger partial charge in [-0.2, -0.15) is 8.42 Å². The molecule has 8 heteroatoms. The van der Waals surface area contributed by atoms with E-state index in [0.29, 0.717) is 6.42 Å². The lowest BCUT2D eigenvalue weighted by Gasteiger charge is -2.29. The summed E-state index contributed by atoms with van der Waals surface area (Å²) >= 11 is 0. The number of amides is 1. The lowest BCUT2D eigenvalue weighted by atomic mass is 9.87. The number of rotatable bonds is 11. The monoisotopic (exact) mass is 491 g/mol. The second kappa shape index (κ2) is 11.8. The van der Waals surface area contributed by atoms with Crippen LogP contribution in [0.1, 0.15) is 58.1 Å². The minimum absolute atomic E-state index is 0.0443. The van der Waals surface area contributed by atoms with E-state index in [4.69, 9.17) is 13.7 Å². The number of nitrogens with one attached hydrogen (secondary N) is 1. The van der Waals surface area contributed by atoms with Crippen molar-refractivity contribution >= 4 is 16.2 Å². The first-order valence-electron chi connectivity index (χ1n) is 11.3. The van der Waals surface area contributed by atoms with Crippen LogP contribution in [0.2, 0.25) is 0 Å². The van der Waals surface area contributed by atoms with Crippen LogP contribution in [-0.2, 0) is 23.8 Å². The molecule has 0 spiro atoms. The van der Waals surface area contributed by atoms with Crippen molar-refractivity contribution in [3.8, 4) is 0 Å². The molecular formula is C26H37NO6S. The predicted octanol–water partition coefficient (Wildman–Crippen LogP) is 4.87. The molecule has 1 N–H and O–H groups in total. The molecule has 7 nitrogen and oxygen atoms in total. The number of alkyl carbamates (subject to hydrolysis) is 1.